The van der Waals surface area contributed by atoms with Crippen LogP contribution in [0.25, 0.3) is 22.6 Å². The molecule has 2 aromatic heterocycles. The number of fused-ring (bicyclic) bond motifs is 1. The monoisotopic (exact) mass is 450 g/mol. The van der Waals surface area contributed by atoms with Crippen molar-refractivity contribution in [1.29, 1.82) is 0 Å². The summed E-state index contributed by atoms with van der Waals surface area (Å²) in [6.07, 6.45) is 1.75. The van der Waals surface area contributed by atoms with Crippen LogP contribution in [-0.4, -0.2) is 40.6 Å². The van der Waals surface area contributed by atoms with Crippen LogP contribution in [0.2, 0.25) is 0 Å². The van der Waals surface area contributed by atoms with Crippen molar-refractivity contribution in [3.63, 3.8) is 0 Å². The topological polar surface area (TPSA) is 91.4 Å². The van der Waals surface area contributed by atoms with Crippen molar-refractivity contribution in [3.05, 3.63) is 61.2 Å². The molecular formula is C23H22N4O4S. The van der Waals surface area contributed by atoms with Crippen LogP contribution >= 0.6 is 11.8 Å². The Morgan fingerprint density at radius 3 is 2.72 bits per heavy atom. The van der Waals surface area contributed by atoms with E-state index in [4.69, 9.17) is 13.9 Å². The molecule has 0 aliphatic carbocycles. The summed E-state index contributed by atoms with van der Waals surface area (Å²) in [5.41, 5.74) is 1.34. The fourth-order valence-electron chi connectivity index (χ4n) is 3.18. The maximum Gasteiger partial charge on any atom is 0.234 e. The Morgan fingerprint density at radius 1 is 1.19 bits per heavy atom. The van der Waals surface area contributed by atoms with Gasteiger partial charge in [-0.15, -0.1) is 16.8 Å². The van der Waals surface area contributed by atoms with E-state index >= 15 is 0 Å². The predicted molar refractivity (Wildman–Crippen MR) is 124 cm³/mol. The van der Waals surface area contributed by atoms with E-state index in [1.54, 1.807) is 44.6 Å². The molecule has 4 aromatic rings. The van der Waals surface area contributed by atoms with Gasteiger partial charge >= 0.3 is 0 Å². The van der Waals surface area contributed by atoms with Gasteiger partial charge in [0, 0.05) is 17.6 Å². The molecule has 8 nitrogen and oxygen atoms in total. The number of methoxy groups -OCH3 is 2. The molecule has 0 fully saturated rings. The molecule has 1 amide bonds. The minimum absolute atomic E-state index is 0.150. The largest absolute Gasteiger partial charge is 0.497 e. The molecule has 0 spiro atoms. The molecule has 0 saturated carbocycles. The fraction of sp³-hybridized carbons (Fsp3) is 0.174. The summed E-state index contributed by atoms with van der Waals surface area (Å²) in [6, 6.07) is 14.7. The lowest BCUT2D eigenvalue weighted by molar-refractivity contribution is -0.113. The molecule has 2 aromatic carbocycles. The van der Waals surface area contributed by atoms with E-state index in [1.165, 1.54) is 11.8 Å². The molecule has 32 heavy (non-hydrogen) atoms. The van der Waals surface area contributed by atoms with Crippen LogP contribution in [0.1, 0.15) is 0 Å². The molecule has 164 valence electrons. The number of amides is 1. The number of ether oxygens (including phenoxy) is 2. The van der Waals surface area contributed by atoms with E-state index in [0.717, 1.165) is 11.1 Å². The van der Waals surface area contributed by atoms with Crippen LogP contribution in [0.3, 0.4) is 0 Å². The quantitative estimate of drug-likeness (QED) is 0.294. The first kappa shape index (κ1) is 21.5. The van der Waals surface area contributed by atoms with Crippen molar-refractivity contribution in [2.75, 3.05) is 25.3 Å². The molecule has 0 aliphatic rings. The third-order valence-electron chi connectivity index (χ3n) is 4.68. The first-order valence-electron chi connectivity index (χ1n) is 9.80. The minimum Gasteiger partial charge on any atom is -0.497 e. The standard InChI is InChI=1S/C23H22N4O4S/c1-4-12-27-22(19-13-15-6-5-7-18(30-3)21(15)31-19)25-26-23(27)32-14-20(28)24-16-8-10-17(29-2)11-9-16/h4-11,13H,1,12,14H2,2-3H3,(H,24,28). The molecule has 0 saturated heterocycles. The number of hydrogen-bond acceptors (Lipinski definition) is 7. The first-order chi connectivity index (χ1) is 15.6. The second-order valence-electron chi connectivity index (χ2n) is 6.76. The normalized spacial score (nSPS) is 10.8. The van der Waals surface area contributed by atoms with Crippen molar-refractivity contribution in [2.45, 2.75) is 11.7 Å². The molecule has 0 aliphatic heterocycles. The Hall–Kier alpha value is -3.72. The molecule has 9 heteroatoms. The van der Waals surface area contributed by atoms with Gasteiger partial charge < -0.3 is 19.2 Å². The number of nitrogens with one attached hydrogen (secondary N) is 1. The van der Waals surface area contributed by atoms with Crippen molar-refractivity contribution in [2.24, 2.45) is 0 Å². The first-order valence-corrected chi connectivity index (χ1v) is 10.8. The summed E-state index contributed by atoms with van der Waals surface area (Å²) in [5.74, 6) is 2.52. The highest BCUT2D eigenvalue weighted by Gasteiger charge is 2.19. The zero-order valence-electron chi connectivity index (χ0n) is 17.7. The van der Waals surface area contributed by atoms with E-state index in [-0.39, 0.29) is 11.7 Å². The number of carbonyl (C=O) groups is 1. The molecule has 0 bridgehead atoms. The number of furan rings is 1. The second kappa shape index (κ2) is 9.61. The van der Waals surface area contributed by atoms with E-state index in [1.807, 2.05) is 28.8 Å². The van der Waals surface area contributed by atoms with E-state index < -0.39 is 0 Å². The van der Waals surface area contributed by atoms with Crippen molar-refractivity contribution < 1.29 is 18.7 Å². The van der Waals surface area contributed by atoms with Gasteiger partial charge in [-0.1, -0.05) is 30.0 Å². The van der Waals surface area contributed by atoms with Crippen LogP contribution in [-0.2, 0) is 11.3 Å². The van der Waals surface area contributed by atoms with E-state index in [2.05, 4.69) is 22.1 Å². The Kier molecular flexibility index (Phi) is 6.46. The SMILES string of the molecule is C=CCn1c(SCC(=O)Nc2ccc(OC)cc2)nnc1-c1cc2cccc(OC)c2o1. The van der Waals surface area contributed by atoms with E-state index in [0.29, 0.717) is 40.3 Å². The Balaban J connectivity index is 1.51. The van der Waals surface area contributed by atoms with Gasteiger partial charge in [0.15, 0.2) is 22.2 Å². The number of benzene rings is 2. The molecule has 0 radical (unpaired) electrons. The number of nitrogens with zero attached hydrogens (tertiary/aromatic N) is 3. The van der Waals surface area contributed by atoms with Gasteiger partial charge in [-0.05, 0) is 36.4 Å². The lowest BCUT2D eigenvalue weighted by Gasteiger charge is -2.07. The Bertz CT molecular complexity index is 1250. The lowest BCUT2D eigenvalue weighted by Crippen LogP contribution is -2.14. The summed E-state index contributed by atoms with van der Waals surface area (Å²) in [5, 5.41) is 12.9. The second-order valence-corrected chi connectivity index (χ2v) is 7.70. The van der Waals surface area contributed by atoms with Gasteiger partial charge in [0.25, 0.3) is 0 Å². The maximum absolute atomic E-state index is 12.4. The van der Waals surface area contributed by atoms with Crippen LogP contribution in [0.4, 0.5) is 5.69 Å². The van der Waals surface area contributed by atoms with Gasteiger partial charge in [-0.2, -0.15) is 0 Å². The average Bonchev–Trinajstić information content (AvgIpc) is 3.42. The number of carbonyl (C=O) groups excluding carboxylic acids is 1. The van der Waals surface area contributed by atoms with E-state index in [9.17, 15) is 4.79 Å². The fourth-order valence-corrected chi connectivity index (χ4v) is 3.93. The number of hydrogen-bond donors (Lipinski definition) is 1. The minimum atomic E-state index is -0.150. The Morgan fingerprint density at radius 2 is 2.00 bits per heavy atom. The van der Waals surface area contributed by atoms with Crippen LogP contribution in [0.5, 0.6) is 11.5 Å². The van der Waals surface area contributed by atoms with Crippen LogP contribution < -0.4 is 14.8 Å². The van der Waals surface area contributed by atoms with Crippen molar-refractivity contribution >= 4 is 34.3 Å². The summed E-state index contributed by atoms with van der Waals surface area (Å²) in [7, 11) is 3.20. The number of aromatic nitrogens is 3. The predicted octanol–water partition coefficient (Wildman–Crippen LogP) is 4.63. The van der Waals surface area contributed by atoms with Gasteiger partial charge in [0.1, 0.15) is 5.75 Å². The highest BCUT2D eigenvalue weighted by molar-refractivity contribution is 7.99. The maximum atomic E-state index is 12.4. The molecule has 0 atom stereocenters. The zero-order valence-corrected chi connectivity index (χ0v) is 18.5. The van der Waals surface area contributed by atoms with Crippen molar-refractivity contribution in [1.82, 2.24) is 14.8 Å². The van der Waals surface area contributed by atoms with Crippen LogP contribution in [0, 0.1) is 0 Å². The molecular weight excluding hydrogens is 428 g/mol. The summed E-state index contributed by atoms with van der Waals surface area (Å²) in [4.78, 5) is 12.4. The average molecular weight is 451 g/mol. The van der Waals surface area contributed by atoms with Gasteiger partial charge in [-0.25, -0.2) is 0 Å². The molecule has 0 unspecified atom stereocenters. The van der Waals surface area contributed by atoms with Gasteiger partial charge in [0.05, 0.1) is 20.0 Å². The summed E-state index contributed by atoms with van der Waals surface area (Å²) >= 11 is 1.29. The highest BCUT2D eigenvalue weighted by Crippen LogP contribution is 2.33. The van der Waals surface area contributed by atoms with Crippen molar-refractivity contribution in [3.8, 4) is 23.1 Å². The smallest absolute Gasteiger partial charge is 0.234 e. The zero-order chi connectivity index (χ0) is 22.5. The Labute approximate surface area is 189 Å². The molecule has 1 N–H and O–H groups in total. The number of thioether (sulfide) groups is 1. The summed E-state index contributed by atoms with van der Waals surface area (Å²) < 4.78 is 18.4. The number of rotatable bonds is 9. The summed E-state index contributed by atoms with van der Waals surface area (Å²) in [6.45, 7) is 4.29. The number of allylic oxidation sites excluding steroid dienone is 1. The highest BCUT2D eigenvalue weighted by atomic mass is 32.2. The lowest BCUT2D eigenvalue weighted by atomic mass is 10.2. The van der Waals surface area contributed by atoms with Gasteiger partial charge in [0.2, 0.25) is 11.7 Å². The number of para-hydroxylation sites is 1. The third-order valence-corrected chi connectivity index (χ3v) is 5.65. The number of anilines is 1. The van der Waals surface area contributed by atoms with Gasteiger partial charge in [-0.3, -0.25) is 9.36 Å². The molecule has 4 rings (SSSR count). The van der Waals surface area contributed by atoms with Crippen LogP contribution in [0.15, 0.2) is 70.8 Å². The molecule has 2 heterocycles. The third kappa shape index (κ3) is 4.47.